The van der Waals surface area contributed by atoms with Gasteiger partial charge in [-0.25, -0.2) is 0 Å². The van der Waals surface area contributed by atoms with Crippen LogP contribution in [0.1, 0.15) is 54.3 Å². The van der Waals surface area contributed by atoms with E-state index in [1.165, 1.54) is 41.7 Å². The molecule has 26 heavy (non-hydrogen) atoms. The molecule has 0 saturated heterocycles. The number of rotatable bonds is 7. The van der Waals surface area contributed by atoms with E-state index in [0.717, 1.165) is 47.2 Å². The number of benzene rings is 1. The number of nitrogens with one attached hydrogen (secondary N) is 1. The molecule has 0 atom stereocenters. The fourth-order valence-corrected chi connectivity index (χ4v) is 4.35. The van der Waals surface area contributed by atoms with Gasteiger partial charge in [0.15, 0.2) is 0 Å². The first kappa shape index (κ1) is 17.2. The Bertz CT molecular complexity index is 928. The van der Waals surface area contributed by atoms with E-state index >= 15 is 0 Å². The highest BCUT2D eigenvalue weighted by atomic mass is 32.1. The molecule has 0 bridgehead atoms. The van der Waals surface area contributed by atoms with Crippen molar-refractivity contribution >= 4 is 33.3 Å². The fraction of sp³-hybridized carbons (Fsp3) is 0.450. The van der Waals surface area contributed by atoms with Crippen LogP contribution in [0.2, 0.25) is 0 Å². The second-order valence-corrected chi connectivity index (χ2v) is 7.98. The van der Waals surface area contributed by atoms with Gasteiger partial charge < -0.3 is 9.73 Å². The third-order valence-electron chi connectivity index (χ3n) is 4.93. The maximum Gasteiger partial charge on any atom is 0.230 e. The third-order valence-corrected chi connectivity index (χ3v) is 5.83. The van der Waals surface area contributed by atoms with Crippen LogP contribution in [-0.2, 0) is 30.5 Å². The average Bonchev–Trinajstić information content (AvgIpc) is 3.34. The maximum absolute atomic E-state index is 12.4. The molecule has 0 saturated carbocycles. The lowest BCUT2D eigenvalue weighted by Crippen LogP contribution is -2.14. The van der Waals surface area contributed by atoms with Gasteiger partial charge in [0.1, 0.15) is 10.6 Å². The molecule has 1 N–H and O–H groups in total. The van der Waals surface area contributed by atoms with Crippen molar-refractivity contribution in [2.75, 3.05) is 5.32 Å². The number of hydrogen-bond donors (Lipinski definition) is 1. The molecular formula is C20H23N3O2S. The van der Waals surface area contributed by atoms with E-state index in [-0.39, 0.29) is 12.3 Å². The van der Waals surface area contributed by atoms with E-state index in [0.29, 0.717) is 5.13 Å². The van der Waals surface area contributed by atoms with E-state index in [2.05, 4.69) is 34.6 Å². The number of anilines is 1. The molecule has 0 unspecified atom stereocenters. The van der Waals surface area contributed by atoms with E-state index in [4.69, 9.17) is 4.42 Å². The number of hydrogen-bond acceptors (Lipinski definition) is 5. The monoisotopic (exact) mass is 369 g/mol. The first-order valence-electron chi connectivity index (χ1n) is 9.37. The van der Waals surface area contributed by atoms with E-state index in [1.807, 2.05) is 0 Å². The molecule has 0 spiro atoms. The lowest BCUT2D eigenvalue weighted by Gasteiger charge is -2.02. The van der Waals surface area contributed by atoms with Crippen molar-refractivity contribution in [1.29, 1.82) is 0 Å². The van der Waals surface area contributed by atoms with Gasteiger partial charge in [-0.1, -0.05) is 31.1 Å². The summed E-state index contributed by atoms with van der Waals surface area (Å²) in [5, 5.41) is 13.7. The summed E-state index contributed by atoms with van der Waals surface area (Å²) in [5.41, 5.74) is 4.58. The van der Waals surface area contributed by atoms with Gasteiger partial charge in [0.25, 0.3) is 0 Å². The summed E-state index contributed by atoms with van der Waals surface area (Å²) in [6.07, 6.45) is 9.86. The summed E-state index contributed by atoms with van der Waals surface area (Å²) >= 11 is 1.47. The Kier molecular flexibility index (Phi) is 5.02. The molecule has 0 radical (unpaired) electrons. The Morgan fingerprint density at radius 3 is 2.92 bits per heavy atom. The standard InChI is InChI=1S/C20H23N3O2S/c1-2-3-4-8-19-22-23-20(26-19)21-18(24)11-15-12-25-17-10-14-7-5-6-13(14)9-16(15)17/h9-10,12H,2-8,11H2,1H3,(H,21,23,24). The lowest BCUT2D eigenvalue weighted by atomic mass is 10.0. The highest BCUT2D eigenvalue weighted by Gasteiger charge is 2.17. The van der Waals surface area contributed by atoms with Gasteiger partial charge in [0.2, 0.25) is 11.0 Å². The average molecular weight is 369 g/mol. The number of furan rings is 1. The Hall–Kier alpha value is -2.21. The van der Waals surface area contributed by atoms with Gasteiger partial charge in [0, 0.05) is 17.4 Å². The highest BCUT2D eigenvalue weighted by molar-refractivity contribution is 7.15. The summed E-state index contributed by atoms with van der Waals surface area (Å²) in [4.78, 5) is 12.4. The highest BCUT2D eigenvalue weighted by Crippen LogP contribution is 2.30. The minimum atomic E-state index is -0.0792. The van der Waals surface area contributed by atoms with Gasteiger partial charge in [0.05, 0.1) is 12.7 Å². The van der Waals surface area contributed by atoms with Crippen LogP contribution in [0, 0.1) is 0 Å². The minimum absolute atomic E-state index is 0.0792. The van der Waals surface area contributed by atoms with Gasteiger partial charge in [-0.05, 0) is 48.9 Å². The van der Waals surface area contributed by atoms with Crippen molar-refractivity contribution in [3.63, 3.8) is 0 Å². The molecule has 3 aromatic rings. The Labute approximate surface area is 156 Å². The molecule has 1 amide bonds. The van der Waals surface area contributed by atoms with Gasteiger partial charge >= 0.3 is 0 Å². The maximum atomic E-state index is 12.4. The molecule has 4 rings (SSSR count). The van der Waals surface area contributed by atoms with E-state index in [1.54, 1.807) is 6.26 Å². The van der Waals surface area contributed by atoms with Crippen molar-refractivity contribution in [2.24, 2.45) is 0 Å². The summed E-state index contributed by atoms with van der Waals surface area (Å²) in [6, 6.07) is 4.33. The van der Waals surface area contributed by atoms with Gasteiger partial charge in [-0.2, -0.15) is 0 Å². The van der Waals surface area contributed by atoms with Crippen LogP contribution >= 0.6 is 11.3 Å². The SMILES string of the molecule is CCCCCc1nnc(NC(=O)Cc2coc3cc4c(cc23)CCC4)s1. The number of carbonyl (C=O) groups excluding carboxylic acids is 1. The summed E-state index contributed by atoms with van der Waals surface area (Å²) in [6.45, 7) is 2.18. The predicted molar refractivity (Wildman–Crippen MR) is 104 cm³/mol. The summed E-state index contributed by atoms with van der Waals surface area (Å²) < 4.78 is 5.68. The molecule has 6 heteroatoms. The first-order chi connectivity index (χ1) is 12.7. The zero-order chi connectivity index (χ0) is 17.9. The van der Waals surface area contributed by atoms with Crippen molar-refractivity contribution in [3.05, 3.63) is 40.1 Å². The number of nitrogens with zero attached hydrogens (tertiary/aromatic N) is 2. The van der Waals surface area contributed by atoms with E-state index < -0.39 is 0 Å². The minimum Gasteiger partial charge on any atom is -0.464 e. The first-order valence-corrected chi connectivity index (χ1v) is 10.2. The number of aromatic nitrogens is 2. The molecule has 136 valence electrons. The Morgan fingerprint density at radius 1 is 1.23 bits per heavy atom. The zero-order valence-corrected chi connectivity index (χ0v) is 15.8. The molecule has 1 aromatic carbocycles. The molecule has 1 aliphatic carbocycles. The van der Waals surface area contributed by atoms with Crippen LogP contribution in [0.3, 0.4) is 0 Å². The second kappa shape index (κ2) is 7.58. The summed E-state index contributed by atoms with van der Waals surface area (Å²) in [7, 11) is 0. The number of fused-ring (bicyclic) bond motifs is 2. The fourth-order valence-electron chi connectivity index (χ4n) is 3.55. The van der Waals surface area contributed by atoms with Crippen LogP contribution in [0.4, 0.5) is 5.13 Å². The van der Waals surface area contributed by atoms with Gasteiger partial charge in [-0.3, -0.25) is 4.79 Å². The Morgan fingerprint density at radius 2 is 2.08 bits per heavy atom. The number of amides is 1. The number of aryl methyl sites for hydroxylation is 3. The van der Waals surface area contributed by atoms with Crippen molar-refractivity contribution in [3.8, 4) is 0 Å². The number of unbranched alkanes of at least 4 members (excludes halogenated alkanes) is 2. The topological polar surface area (TPSA) is 68.0 Å². The predicted octanol–water partition coefficient (Wildman–Crippen LogP) is 4.69. The number of carbonyl (C=O) groups is 1. The molecule has 2 heterocycles. The third kappa shape index (κ3) is 3.65. The molecule has 0 fully saturated rings. The second-order valence-electron chi connectivity index (χ2n) is 6.91. The van der Waals surface area contributed by atoms with Crippen LogP contribution < -0.4 is 5.32 Å². The van der Waals surface area contributed by atoms with Crippen LogP contribution in [-0.4, -0.2) is 16.1 Å². The molecule has 2 aromatic heterocycles. The molecule has 0 aliphatic heterocycles. The summed E-state index contributed by atoms with van der Waals surface area (Å²) in [5.74, 6) is -0.0792. The molecular weight excluding hydrogens is 346 g/mol. The van der Waals surface area contributed by atoms with Crippen molar-refractivity contribution in [2.45, 2.75) is 58.3 Å². The van der Waals surface area contributed by atoms with Crippen molar-refractivity contribution < 1.29 is 9.21 Å². The zero-order valence-electron chi connectivity index (χ0n) is 15.0. The lowest BCUT2D eigenvalue weighted by molar-refractivity contribution is -0.115. The Balaban J connectivity index is 1.41. The molecule has 5 nitrogen and oxygen atoms in total. The quantitative estimate of drug-likeness (QED) is 0.614. The molecule has 1 aliphatic rings. The van der Waals surface area contributed by atoms with Gasteiger partial charge in [-0.15, -0.1) is 10.2 Å². The van der Waals surface area contributed by atoms with Crippen LogP contribution in [0.25, 0.3) is 11.0 Å². The van der Waals surface area contributed by atoms with E-state index in [9.17, 15) is 4.79 Å². The largest absolute Gasteiger partial charge is 0.464 e. The normalized spacial score (nSPS) is 13.3. The van der Waals surface area contributed by atoms with Crippen LogP contribution in [0.15, 0.2) is 22.8 Å². The smallest absolute Gasteiger partial charge is 0.230 e. The van der Waals surface area contributed by atoms with Crippen LogP contribution in [0.5, 0.6) is 0 Å². The van der Waals surface area contributed by atoms with Crippen molar-refractivity contribution in [1.82, 2.24) is 10.2 Å².